The molecular weight excluding hydrogens is 108 g/mol. The highest BCUT2D eigenvalue weighted by molar-refractivity contribution is 5.02. The van der Waals surface area contributed by atoms with E-state index in [4.69, 9.17) is 0 Å². The first kappa shape index (κ1) is 6.60. The number of rotatable bonds is 1. The van der Waals surface area contributed by atoms with Crippen LogP contribution in [0.4, 0.5) is 0 Å². The molecule has 1 aliphatic rings. The molecule has 0 bridgehead atoms. The van der Waals surface area contributed by atoms with Crippen LogP contribution in [0.3, 0.4) is 0 Å². The van der Waals surface area contributed by atoms with Crippen LogP contribution in [-0.2, 0) is 0 Å². The highest BCUT2D eigenvalue weighted by Crippen LogP contribution is 2.17. The van der Waals surface area contributed by atoms with E-state index in [1.165, 1.54) is 19.3 Å². The van der Waals surface area contributed by atoms with Crippen LogP contribution in [0.25, 0.3) is 0 Å². The van der Waals surface area contributed by atoms with Gasteiger partial charge in [0, 0.05) is 0 Å². The Morgan fingerprint density at radius 3 is 3.00 bits per heavy atom. The average Bonchev–Trinajstić information content (AvgIpc) is 1.91. The quantitative estimate of drug-likeness (QED) is 0.469. The van der Waals surface area contributed by atoms with Gasteiger partial charge in [-0.1, -0.05) is 24.3 Å². The van der Waals surface area contributed by atoms with E-state index < -0.39 is 0 Å². The molecule has 0 N–H and O–H groups in total. The Morgan fingerprint density at radius 2 is 2.44 bits per heavy atom. The molecule has 0 heterocycles. The fraction of sp³-hybridized carbons (Fsp3) is 0.556. The molecule has 0 aromatic rings. The minimum atomic E-state index is 0.740. The molecule has 50 valence electrons. The van der Waals surface area contributed by atoms with Gasteiger partial charge in [-0.3, -0.25) is 0 Å². The molecule has 0 nitrogen and oxygen atoms in total. The minimum absolute atomic E-state index is 0.740. The Kier molecular flexibility index (Phi) is 2.56. The summed E-state index contributed by atoms with van der Waals surface area (Å²) >= 11 is 0. The van der Waals surface area contributed by atoms with Gasteiger partial charge in [0.25, 0.3) is 0 Å². The van der Waals surface area contributed by atoms with Crippen molar-refractivity contribution in [3.8, 4) is 0 Å². The lowest BCUT2D eigenvalue weighted by Crippen LogP contribution is -1.95. The summed E-state index contributed by atoms with van der Waals surface area (Å²) in [4.78, 5) is 0. The monoisotopic (exact) mass is 122 g/mol. The summed E-state index contributed by atoms with van der Waals surface area (Å²) in [6, 6.07) is 0. The van der Waals surface area contributed by atoms with E-state index in [9.17, 15) is 0 Å². The maximum atomic E-state index is 2.31. The minimum Gasteiger partial charge on any atom is -0.0911 e. The third-order valence-electron chi connectivity index (χ3n) is 1.73. The molecule has 0 fully saturated rings. The van der Waals surface area contributed by atoms with Crippen molar-refractivity contribution < 1.29 is 0 Å². The molecule has 0 aromatic carbocycles. The van der Waals surface area contributed by atoms with Gasteiger partial charge in [0.2, 0.25) is 0 Å². The molecule has 1 rings (SSSR count). The van der Waals surface area contributed by atoms with Gasteiger partial charge >= 0.3 is 0 Å². The third-order valence-corrected chi connectivity index (χ3v) is 1.73. The first-order valence-electron chi connectivity index (χ1n) is 3.73. The molecule has 0 saturated heterocycles. The zero-order valence-corrected chi connectivity index (χ0v) is 6.01. The van der Waals surface area contributed by atoms with Gasteiger partial charge in [-0.05, 0) is 32.1 Å². The molecule has 0 saturated carbocycles. The molecule has 1 atom stereocenters. The fourth-order valence-corrected chi connectivity index (χ4v) is 1.25. The Labute approximate surface area is 57.3 Å². The van der Waals surface area contributed by atoms with E-state index in [0.29, 0.717) is 0 Å². The van der Waals surface area contributed by atoms with E-state index >= 15 is 0 Å². The SMILES string of the molecule is CC=CC1C=CCCC1. The summed E-state index contributed by atoms with van der Waals surface area (Å²) in [6.45, 7) is 2.09. The van der Waals surface area contributed by atoms with Gasteiger partial charge in [-0.25, -0.2) is 0 Å². The number of hydrogen-bond donors (Lipinski definition) is 0. The lowest BCUT2D eigenvalue weighted by Gasteiger charge is -2.10. The van der Waals surface area contributed by atoms with Gasteiger partial charge in [0.1, 0.15) is 0 Å². The predicted molar refractivity (Wildman–Crippen MR) is 41.3 cm³/mol. The molecule has 0 amide bonds. The van der Waals surface area contributed by atoms with E-state index in [1.54, 1.807) is 0 Å². The highest BCUT2D eigenvalue weighted by Gasteiger charge is 2.01. The maximum Gasteiger partial charge on any atom is -0.00535 e. The molecular formula is C9H14. The largest absolute Gasteiger partial charge is 0.0911 e. The van der Waals surface area contributed by atoms with Crippen molar-refractivity contribution in [3.63, 3.8) is 0 Å². The molecule has 0 heteroatoms. The van der Waals surface area contributed by atoms with E-state index in [0.717, 1.165) is 5.92 Å². The van der Waals surface area contributed by atoms with E-state index in [-0.39, 0.29) is 0 Å². The van der Waals surface area contributed by atoms with Crippen LogP contribution in [0.2, 0.25) is 0 Å². The smallest absolute Gasteiger partial charge is 0.00535 e. The maximum absolute atomic E-state index is 2.31. The Balaban J connectivity index is 2.40. The van der Waals surface area contributed by atoms with Gasteiger partial charge in [0.05, 0.1) is 0 Å². The third kappa shape index (κ3) is 2.05. The van der Waals surface area contributed by atoms with Gasteiger partial charge in [-0.15, -0.1) is 0 Å². The topological polar surface area (TPSA) is 0 Å². The molecule has 0 radical (unpaired) electrons. The van der Waals surface area contributed by atoms with Gasteiger partial charge in [-0.2, -0.15) is 0 Å². The Morgan fingerprint density at radius 1 is 1.56 bits per heavy atom. The summed E-state index contributed by atoms with van der Waals surface area (Å²) in [6.07, 6.45) is 13.0. The summed E-state index contributed by atoms with van der Waals surface area (Å²) in [5.74, 6) is 0.740. The second kappa shape index (κ2) is 3.49. The standard InChI is InChI=1S/C9H14/c1-2-6-9-7-4-3-5-8-9/h2,4,6-7,9H,3,5,8H2,1H3. The van der Waals surface area contributed by atoms with E-state index in [2.05, 4.69) is 31.2 Å². The van der Waals surface area contributed by atoms with Gasteiger partial charge in [0.15, 0.2) is 0 Å². The van der Waals surface area contributed by atoms with Crippen LogP contribution < -0.4 is 0 Å². The Bertz CT molecular complexity index is 120. The van der Waals surface area contributed by atoms with Crippen LogP contribution in [0, 0.1) is 5.92 Å². The summed E-state index contributed by atoms with van der Waals surface area (Å²) in [7, 11) is 0. The first-order chi connectivity index (χ1) is 4.43. The van der Waals surface area contributed by atoms with Gasteiger partial charge < -0.3 is 0 Å². The number of allylic oxidation sites excluding steroid dienone is 4. The van der Waals surface area contributed by atoms with Crippen molar-refractivity contribution in [2.45, 2.75) is 26.2 Å². The van der Waals surface area contributed by atoms with Crippen molar-refractivity contribution in [2.75, 3.05) is 0 Å². The second-order valence-corrected chi connectivity index (χ2v) is 2.55. The van der Waals surface area contributed by atoms with Crippen molar-refractivity contribution in [3.05, 3.63) is 24.3 Å². The summed E-state index contributed by atoms with van der Waals surface area (Å²) < 4.78 is 0. The zero-order valence-electron chi connectivity index (χ0n) is 6.01. The van der Waals surface area contributed by atoms with Crippen LogP contribution in [-0.4, -0.2) is 0 Å². The molecule has 9 heavy (non-hydrogen) atoms. The number of hydrogen-bond acceptors (Lipinski definition) is 0. The Hall–Kier alpha value is -0.520. The second-order valence-electron chi connectivity index (χ2n) is 2.55. The lowest BCUT2D eigenvalue weighted by molar-refractivity contribution is 0.630. The molecule has 1 aliphatic carbocycles. The molecule has 1 unspecified atom stereocenters. The van der Waals surface area contributed by atoms with Crippen molar-refractivity contribution >= 4 is 0 Å². The van der Waals surface area contributed by atoms with Crippen LogP contribution in [0.1, 0.15) is 26.2 Å². The summed E-state index contributed by atoms with van der Waals surface area (Å²) in [5, 5.41) is 0. The van der Waals surface area contributed by atoms with Crippen molar-refractivity contribution in [1.29, 1.82) is 0 Å². The molecule has 0 spiro atoms. The fourth-order valence-electron chi connectivity index (χ4n) is 1.25. The highest BCUT2D eigenvalue weighted by atomic mass is 14.1. The van der Waals surface area contributed by atoms with Crippen LogP contribution in [0.5, 0.6) is 0 Å². The normalized spacial score (nSPS) is 27.4. The summed E-state index contributed by atoms with van der Waals surface area (Å²) in [5.41, 5.74) is 0. The van der Waals surface area contributed by atoms with Crippen LogP contribution in [0.15, 0.2) is 24.3 Å². The molecule has 0 aromatic heterocycles. The molecule has 0 aliphatic heterocycles. The van der Waals surface area contributed by atoms with Crippen molar-refractivity contribution in [1.82, 2.24) is 0 Å². The van der Waals surface area contributed by atoms with Crippen LogP contribution >= 0.6 is 0 Å². The lowest BCUT2D eigenvalue weighted by atomic mass is 9.96. The average molecular weight is 122 g/mol. The first-order valence-corrected chi connectivity index (χ1v) is 3.73. The predicted octanol–water partition coefficient (Wildman–Crippen LogP) is 2.92. The van der Waals surface area contributed by atoms with E-state index in [1.807, 2.05) is 0 Å². The zero-order chi connectivity index (χ0) is 6.53. The van der Waals surface area contributed by atoms with Crippen molar-refractivity contribution in [2.24, 2.45) is 5.92 Å².